The molecule has 0 unspecified atom stereocenters. The molecule has 0 atom stereocenters. The van der Waals surface area contributed by atoms with Crippen molar-refractivity contribution in [3.8, 4) is 0 Å². The van der Waals surface area contributed by atoms with Crippen molar-refractivity contribution in [2.45, 2.75) is 32.9 Å². The van der Waals surface area contributed by atoms with Crippen LogP contribution in [-0.2, 0) is 13.6 Å². The van der Waals surface area contributed by atoms with Gasteiger partial charge in [-0.1, -0.05) is 0 Å². The van der Waals surface area contributed by atoms with E-state index in [1.807, 2.05) is 32.5 Å². The summed E-state index contributed by atoms with van der Waals surface area (Å²) in [7, 11) is 2.00. The molecule has 0 aromatic carbocycles. The maximum atomic E-state index is 9.87. The highest BCUT2D eigenvalue weighted by molar-refractivity contribution is 9.10. The Bertz CT molecular complexity index is 458. The van der Waals surface area contributed by atoms with Crippen LogP contribution in [0.2, 0.25) is 0 Å². The Hall–Kier alpha value is -0.430. The summed E-state index contributed by atoms with van der Waals surface area (Å²) in [5, 5.41) is 14.3. The van der Waals surface area contributed by atoms with E-state index in [-0.39, 0.29) is 0 Å². The van der Waals surface area contributed by atoms with Crippen LogP contribution >= 0.6 is 15.9 Å². The number of hydrogen-bond donors (Lipinski definition) is 1. The Labute approximate surface area is 129 Å². The van der Waals surface area contributed by atoms with Gasteiger partial charge in [0.1, 0.15) is 0 Å². The molecule has 1 aliphatic rings. The predicted octanol–water partition coefficient (Wildman–Crippen LogP) is 1.38. The normalized spacial score (nSPS) is 18.7. The number of aryl methyl sites for hydroxylation is 2. The van der Waals surface area contributed by atoms with Crippen molar-refractivity contribution in [2.24, 2.45) is 7.05 Å². The highest BCUT2D eigenvalue weighted by Crippen LogP contribution is 2.22. The lowest BCUT2D eigenvalue weighted by atomic mass is 10.1. The number of piperazine rings is 1. The first-order valence-corrected chi connectivity index (χ1v) is 7.90. The lowest BCUT2D eigenvalue weighted by Gasteiger charge is -2.37. The molecule has 0 spiro atoms. The van der Waals surface area contributed by atoms with Gasteiger partial charge in [-0.2, -0.15) is 5.10 Å². The third-order valence-electron chi connectivity index (χ3n) is 3.71. The first-order valence-electron chi connectivity index (χ1n) is 7.11. The molecule has 1 aromatic rings. The maximum absolute atomic E-state index is 9.87. The zero-order valence-corrected chi connectivity index (χ0v) is 14.4. The third kappa shape index (κ3) is 4.04. The summed E-state index contributed by atoms with van der Waals surface area (Å²) in [6.07, 6.45) is 0. The fraction of sp³-hybridized carbons (Fsp3) is 0.786. The number of aromatic nitrogens is 2. The molecule has 0 bridgehead atoms. The van der Waals surface area contributed by atoms with Crippen molar-refractivity contribution in [1.82, 2.24) is 19.6 Å². The van der Waals surface area contributed by atoms with E-state index >= 15 is 0 Å². The predicted molar refractivity (Wildman–Crippen MR) is 83.7 cm³/mol. The van der Waals surface area contributed by atoms with E-state index in [0.29, 0.717) is 0 Å². The van der Waals surface area contributed by atoms with Gasteiger partial charge in [0.15, 0.2) is 0 Å². The first kappa shape index (κ1) is 15.9. The highest BCUT2D eigenvalue weighted by Gasteiger charge is 2.23. The topological polar surface area (TPSA) is 44.5 Å². The van der Waals surface area contributed by atoms with Crippen LogP contribution in [-0.4, -0.2) is 63.0 Å². The van der Waals surface area contributed by atoms with Crippen molar-refractivity contribution in [3.63, 3.8) is 0 Å². The number of nitrogens with zero attached hydrogens (tertiary/aromatic N) is 4. The Morgan fingerprint density at radius 2 is 1.75 bits per heavy atom. The molecule has 20 heavy (non-hydrogen) atoms. The second-order valence-corrected chi connectivity index (χ2v) is 7.13. The quantitative estimate of drug-likeness (QED) is 0.896. The Balaban J connectivity index is 1.88. The zero-order chi connectivity index (χ0) is 14.9. The Morgan fingerprint density at radius 1 is 1.20 bits per heavy atom. The van der Waals surface area contributed by atoms with E-state index in [1.165, 1.54) is 5.69 Å². The van der Waals surface area contributed by atoms with Crippen molar-refractivity contribution in [1.29, 1.82) is 0 Å². The van der Waals surface area contributed by atoms with Gasteiger partial charge < -0.3 is 5.11 Å². The number of aliphatic hydroxyl groups is 1. The Morgan fingerprint density at radius 3 is 2.20 bits per heavy atom. The van der Waals surface area contributed by atoms with Gasteiger partial charge in [-0.25, -0.2) is 0 Å². The smallest absolute Gasteiger partial charge is 0.0739 e. The first-order chi connectivity index (χ1) is 9.26. The number of hydrogen-bond acceptors (Lipinski definition) is 4. The highest BCUT2D eigenvalue weighted by atomic mass is 79.9. The van der Waals surface area contributed by atoms with E-state index in [0.717, 1.165) is 49.4 Å². The van der Waals surface area contributed by atoms with Gasteiger partial charge >= 0.3 is 0 Å². The minimum atomic E-state index is -0.607. The summed E-state index contributed by atoms with van der Waals surface area (Å²) in [6, 6.07) is 0. The summed E-state index contributed by atoms with van der Waals surface area (Å²) < 4.78 is 3.08. The fourth-order valence-electron chi connectivity index (χ4n) is 2.72. The molecule has 2 rings (SSSR count). The average molecular weight is 345 g/mol. The van der Waals surface area contributed by atoms with Gasteiger partial charge in [0.25, 0.3) is 0 Å². The maximum Gasteiger partial charge on any atom is 0.0739 e. The van der Waals surface area contributed by atoms with Crippen LogP contribution in [0.25, 0.3) is 0 Å². The summed E-state index contributed by atoms with van der Waals surface area (Å²) in [6.45, 7) is 11.5. The van der Waals surface area contributed by atoms with E-state index in [2.05, 4.69) is 30.8 Å². The molecule has 1 N–H and O–H groups in total. The van der Waals surface area contributed by atoms with Gasteiger partial charge in [-0.15, -0.1) is 0 Å². The van der Waals surface area contributed by atoms with Crippen molar-refractivity contribution in [3.05, 3.63) is 15.9 Å². The molecule has 0 aliphatic carbocycles. The second-order valence-electron chi connectivity index (χ2n) is 6.33. The summed E-state index contributed by atoms with van der Waals surface area (Å²) in [5.74, 6) is 0. The molecular formula is C14H25BrN4O. The van der Waals surface area contributed by atoms with Gasteiger partial charge in [0, 0.05) is 46.3 Å². The van der Waals surface area contributed by atoms with Crippen molar-refractivity contribution < 1.29 is 5.11 Å². The lowest BCUT2D eigenvalue weighted by Crippen LogP contribution is -2.50. The van der Waals surface area contributed by atoms with Crippen LogP contribution < -0.4 is 0 Å². The molecule has 114 valence electrons. The number of rotatable bonds is 4. The molecule has 1 fully saturated rings. The van der Waals surface area contributed by atoms with Crippen LogP contribution in [0.15, 0.2) is 4.47 Å². The summed E-state index contributed by atoms with van der Waals surface area (Å²) >= 11 is 3.63. The van der Waals surface area contributed by atoms with Gasteiger partial charge in [0.05, 0.1) is 21.5 Å². The Kier molecular flexibility index (Phi) is 4.89. The molecule has 5 nitrogen and oxygen atoms in total. The summed E-state index contributed by atoms with van der Waals surface area (Å²) in [4.78, 5) is 4.78. The minimum Gasteiger partial charge on any atom is -0.389 e. The molecule has 1 aromatic heterocycles. The van der Waals surface area contributed by atoms with Crippen LogP contribution in [0.4, 0.5) is 0 Å². The van der Waals surface area contributed by atoms with Crippen molar-refractivity contribution >= 4 is 15.9 Å². The second kappa shape index (κ2) is 6.13. The lowest BCUT2D eigenvalue weighted by molar-refractivity contribution is 0.0163. The van der Waals surface area contributed by atoms with E-state index in [9.17, 15) is 5.11 Å². The molecule has 1 saturated heterocycles. The average Bonchev–Trinajstić information content (AvgIpc) is 2.56. The van der Waals surface area contributed by atoms with Crippen LogP contribution in [0.3, 0.4) is 0 Å². The van der Waals surface area contributed by atoms with Gasteiger partial charge in [-0.05, 0) is 36.7 Å². The molecule has 6 heteroatoms. The fourth-order valence-corrected chi connectivity index (χ4v) is 3.18. The van der Waals surface area contributed by atoms with Crippen LogP contribution in [0.1, 0.15) is 25.2 Å². The van der Waals surface area contributed by atoms with E-state index in [1.54, 1.807) is 0 Å². The van der Waals surface area contributed by atoms with E-state index < -0.39 is 5.60 Å². The van der Waals surface area contributed by atoms with Crippen LogP contribution in [0, 0.1) is 6.92 Å². The molecule has 0 saturated carbocycles. The third-order valence-corrected chi connectivity index (χ3v) is 4.74. The number of halogens is 1. The monoisotopic (exact) mass is 344 g/mol. The van der Waals surface area contributed by atoms with Gasteiger partial charge in [0.2, 0.25) is 0 Å². The largest absolute Gasteiger partial charge is 0.389 e. The zero-order valence-electron chi connectivity index (χ0n) is 12.9. The van der Waals surface area contributed by atoms with E-state index in [4.69, 9.17) is 0 Å². The molecular weight excluding hydrogens is 320 g/mol. The molecule has 1 aliphatic heterocycles. The van der Waals surface area contributed by atoms with Crippen molar-refractivity contribution in [2.75, 3.05) is 32.7 Å². The minimum absolute atomic E-state index is 0.607. The number of β-amino-alcohol motifs (C(OH)–C–C–N with tert-alkyl or cyclic N) is 1. The standard InChI is InChI=1S/C14H25BrN4O/c1-11-13(15)12(17(4)16-11)9-18-5-7-19(8-6-18)10-14(2,3)20/h20H,5-10H2,1-4H3. The SMILES string of the molecule is Cc1nn(C)c(CN2CCN(CC(C)(C)O)CC2)c1Br. The molecule has 0 amide bonds. The molecule has 2 heterocycles. The van der Waals surface area contributed by atoms with Gasteiger partial charge in [-0.3, -0.25) is 14.5 Å². The molecule has 0 radical (unpaired) electrons. The van der Waals surface area contributed by atoms with Crippen LogP contribution in [0.5, 0.6) is 0 Å². The summed E-state index contributed by atoms with van der Waals surface area (Å²) in [5.41, 5.74) is 1.67.